The normalized spacial score (nSPS) is 12.1. The average molecular weight is 399 g/mol. The fourth-order valence-corrected chi connectivity index (χ4v) is 3.08. The van der Waals surface area contributed by atoms with Gasteiger partial charge in [-0.15, -0.1) is 0 Å². The number of aliphatic hydroxyl groups excluding tert-OH is 2. The van der Waals surface area contributed by atoms with Gasteiger partial charge in [0.2, 0.25) is 5.91 Å². The van der Waals surface area contributed by atoms with Crippen molar-refractivity contribution >= 4 is 22.5 Å². The summed E-state index contributed by atoms with van der Waals surface area (Å²) in [5, 5.41) is 27.5. The molecule has 0 saturated heterocycles. The number of nitrogens with zero attached hydrogens (tertiary/aromatic N) is 2. The summed E-state index contributed by atoms with van der Waals surface area (Å²) in [6.07, 6.45) is -0.931. The highest BCUT2D eigenvalue weighted by Crippen LogP contribution is 2.28. The highest BCUT2D eigenvalue weighted by Gasteiger charge is 2.19. The number of hydrogen-bond donors (Lipinski definition) is 3. The molecule has 0 bridgehead atoms. The van der Waals surface area contributed by atoms with E-state index in [0.717, 1.165) is 22.2 Å². The van der Waals surface area contributed by atoms with Crippen LogP contribution in [-0.2, 0) is 16.1 Å². The molecule has 0 spiro atoms. The smallest absolute Gasteiger partial charge is 0.221 e. The van der Waals surface area contributed by atoms with Crippen molar-refractivity contribution in [3.63, 3.8) is 0 Å². The van der Waals surface area contributed by atoms with Gasteiger partial charge in [-0.2, -0.15) is 5.10 Å². The predicted octanol–water partition coefficient (Wildman–Crippen LogP) is 2.09. The molecule has 0 aliphatic rings. The Kier molecular flexibility index (Phi) is 6.82. The van der Waals surface area contributed by atoms with E-state index in [1.807, 2.05) is 47.1 Å². The SMILES string of the molecule is COc1ccc2c(c1)c(C(O)COCCO)nn2Cc1ccc(NC(C)=O)cc1. The Morgan fingerprint density at radius 1 is 1.24 bits per heavy atom. The number of aromatic nitrogens is 2. The van der Waals surface area contributed by atoms with Crippen LogP contribution < -0.4 is 10.1 Å². The number of carbonyl (C=O) groups is 1. The highest BCUT2D eigenvalue weighted by molar-refractivity contribution is 5.88. The van der Waals surface area contributed by atoms with Gasteiger partial charge in [0.05, 0.1) is 39.0 Å². The monoisotopic (exact) mass is 399 g/mol. The van der Waals surface area contributed by atoms with Gasteiger partial charge in [0.1, 0.15) is 17.5 Å². The number of anilines is 1. The van der Waals surface area contributed by atoms with E-state index in [2.05, 4.69) is 10.4 Å². The number of nitrogens with one attached hydrogen (secondary N) is 1. The summed E-state index contributed by atoms with van der Waals surface area (Å²) < 4.78 is 12.4. The number of amides is 1. The fourth-order valence-electron chi connectivity index (χ4n) is 3.08. The minimum Gasteiger partial charge on any atom is -0.497 e. The molecule has 29 heavy (non-hydrogen) atoms. The van der Waals surface area contributed by atoms with E-state index < -0.39 is 6.10 Å². The van der Waals surface area contributed by atoms with Gasteiger partial charge in [-0.25, -0.2) is 0 Å². The van der Waals surface area contributed by atoms with E-state index in [-0.39, 0.29) is 25.7 Å². The number of carbonyl (C=O) groups excluding carboxylic acids is 1. The Labute approximate surface area is 168 Å². The van der Waals surface area contributed by atoms with E-state index in [0.29, 0.717) is 18.0 Å². The van der Waals surface area contributed by atoms with E-state index in [1.54, 1.807) is 7.11 Å². The molecule has 0 fully saturated rings. The van der Waals surface area contributed by atoms with Gasteiger partial charge in [0, 0.05) is 18.0 Å². The molecule has 1 atom stereocenters. The Hall–Kier alpha value is -2.94. The highest BCUT2D eigenvalue weighted by atomic mass is 16.5. The minimum atomic E-state index is -0.931. The lowest BCUT2D eigenvalue weighted by Crippen LogP contribution is -2.11. The topological polar surface area (TPSA) is 106 Å². The molecule has 0 radical (unpaired) electrons. The second kappa shape index (κ2) is 9.51. The van der Waals surface area contributed by atoms with Gasteiger partial charge >= 0.3 is 0 Å². The predicted molar refractivity (Wildman–Crippen MR) is 109 cm³/mol. The van der Waals surface area contributed by atoms with Gasteiger partial charge in [-0.05, 0) is 35.9 Å². The van der Waals surface area contributed by atoms with Gasteiger partial charge in [0.15, 0.2) is 0 Å². The van der Waals surface area contributed by atoms with Crippen molar-refractivity contribution < 1.29 is 24.5 Å². The van der Waals surface area contributed by atoms with Crippen LogP contribution in [0.15, 0.2) is 42.5 Å². The Morgan fingerprint density at radius 3 is 2.66 bits per heavy atom. The second-order valence-electron chi connectivity index (χ2n) is 6.62. The van der Waals surface area contributed by atoms with Gasteiger partial charge in [-0.1, -0.05) is 12.1 Å². The van der Waals surface area contributed by atoms with Crippen molar-refractivity contribution in [2.75, 3.05) is 32.2 Å². The van der Waals surface area contributed by atoms with Crippen molar-refractivity contribution in [3.05, 3.63) is 53.7 Å². The summed E-state index contributed by atoms with van der Waals surface area (Å²) in [7, 11) is 1.59. The van der Waals surface area contributed by atoms with Crippen LogP contribution in [0.1, 0.15) is 24.3 Å². The first-order chi connectivity index (χ1) is 14.0. The third-order valence-corrected chi connectivity index (χ3v) is 4.42. The Balaban J connectivity index is 1.89. The van der Waals surface area contributed by atoms with Crippen LogP contribution in [0.25, 0.3) is 10.9 Å². The lowest BCUT2D eigenvalue weighted by molar-refractivity contribution is -0.114. The third kappa shape index (κ3) is 5.11. The van der Waals surface area contributed by atoms with Crippen molar-refractivity contribution in [1.82, 2.24) is 9.78 Å². The summed E-state index contributed by atoms with van der Waals surface area (Å²) in [6, 6.07) is 13.1. The Morgan fingerprint density at radius 2 is 2.00 bits per heavy atom. The molecule has 154 valence electrons. The molecule has 0 aliphatic heterocycles. The molecule has 1 amide bonds. The molecule has 2 aromatic carbocycles. The first-order valence-corrected chi connectivity index (χ1v) is 9.29. The molecular weight excluding hydrogens is 374 g/mol. The van der Waals surface area contributed by atoms with Crippen molar-refractivity contribution in [3.8, 4) is 5.75 Å². The van der Waals surface area contributed by atoms with Crippen LogP contribution in [0, 0.1) is 0 Å². The molecule has 3 N–H and O–H groups in total. The second-order valence-corrected chi connectivity index (χ2v) is 6.62. The number of methoxy groups -OCH3 is 1. The zero-order valence-corrected chi connectivity index (χ0v) is 16.5. The summed E-state index contributed by atoms with van der Waals surface area (Å²) in [4.78, 5) is 11.2. The van der Waals surface area contributed by atoms with Crippen molar-refractivity contribution in [1.29, 1.82) is 0 Å². The molecule has 1 heterocycles. The van der Waals surface area contributed by atoms with E-state index in [9.17, 15) is 9.90 Å². The number of ether oxygens (including phenoxy) is 2. The zero-order chi connectivity index (χ0) is 20.8. The standard InChI is InChI=1S/C21H25N3O5/c1-14(26)22-16-5-3-15(4-6-16)12-24-19-8-7-17(28-2)11-18(19)21(23-24)20(27)13-29-10-9-25/h3-8,11,20,25,27H,9-10,12-13H2,1-2H3,(H,22,26). The molecule has 1 aromatic heterocycles. The molecule has 8 nitrogen and oxygen atoms in total. The van der Waals surface area contributed by atoms with Crippen LogP contribution >= 0.6 is 0 Å². The maximum Gasteiger partial charge on any atom is 0.221 e. The van der Waals surface area contributed by atoms with Crippen LogP contribution in [0.4, 0.5) is 5.69 Å². The maximum absolute atomic E-state index is 11.2. The maximum atomic E-state index is 11.2. The summed E-state index contributed by atoms with van der Waals surface area (Å²) >= 11 is 0. The van der Waals surface area contributed by atoms with Gasteiger partial charge in [-0.3, -0.25) is 9.48 Å². The average Bonchev–Trinajstić information content (AvgIpc) is 3.07. The number of rotatable bonds is 9. The lowest BCUT2D eigenvalue weighted by Gasteiger charge is -2.09. The van der Waals surface area contributed by atoms with Crippen LogP contribution in [-0.4, -0.2) is 52.8 Å². The quantitative estimate of drug-likeness (QED) is 0.476. The molecule has 1 unspecified atom stereocenters. The first kappa shape index (κ1) is 20.8. The van der Waals surface area contributed by atoms with Crippen molar-refractivity contribution in [2.45, 2.75) is 19.6 Å². The van der Waals surface area contributed by atoms with E-state index >= 15 is 0 Å². The molecule has 0 aliphatic carbocycles. The van der Waals surface area contributed by atoms with E-state index in [4.69, 9.17) is 14.6 Å². The summed E-state index contributed by atoms with van der Waals surface area (Å²) in [6.45, 7) is 2.04. The first-order valence-electron chi connectivity index (χ1n) is 9.29. The van der Waals surface area contributed by atoms with Gasteiger partial charge in [0.25, 0.3) is 0 Å². The molecule has 3 aromatic rings. The lowest BCUT2D eigenvalue weighted by atomic mass is 10.1. The number of hydrogen-bond acceptors (Lipinski definition) is 6. The largest absolute Gasteiger partial charge is 0.497 e. The van der Waals surface area contributed by atoms with Crippen molar-refractivity contribution in [2.24, 2.45) is 0 Å². The summed E-state index contributed by atoms with van der Waals surface area (Å²) in [5.74, 6) is 0.549. The molecule has 0 saturated carbocycles. The zero-order valence-electron chi connectivity index (χ0n) is 16.5. The van der Waals surface area contributed by atoms with Crippen LogP contribution in [0.2, 0.25) is 0 Å². The number of fused-ring (bicyclic) bond motifs is 1. The summed E-state index contributed by atoms with van der Waals surface area (Å²) in [5.41, 5.74) is 3.07. The fraction of sp³-hybridized carbons (Fsp3) is 0.333. The van der Waals surface area contributed by atoms with Crippen LogP contribution in [0.5, 0.6) is 5.75 Å². The number of benzene rings is 2. The molecule has 8 heteroatoms. The minimum absolute atomic E-state index is 0.0370. The van der Waals surface area contributed by atoms with Crippen LogP contribution in [0.3, 0.4) is 0 Å². The Bertz CT molecular complexity index is 968. The number of aliphatic hydroxyl groups is 2. The molecular formula is C21H25N3O5. The van der Waals surface area contributed by atoms with E-state index in [1.165, 1.54) is 6.92 Å². The molecule has 3 rings (SSSR count). The van der Waals surface area contributed by atoms with Gasteiger partial charge < -0.3 is 25.0 Å². The third-order valence-electron chi connectivity index (χ3n) is 4.42.